The molecule has 1 aromatic heterocycles. The molecule has 3 N–H and O–H groups in total. The van der Waals surface area contributed by atoms with Gasteiger partial charge in [-0.05, 0) is 43.7 Å². The molecule has 0 fully saturated rings. The van der Waals surface area contributed by atoms with E-state index in [1.807, 2.05) is 26.0 Å². The summed E-state index contributed by atoms with van der Waals surface area (Å²) in [5, 5.41) is 2.77. The fourth-order valence-corrected chi connectivity index (χ4v) is 2.03. The van der Waals surface area contributed by atoms with Crippen LogP contribution in [0, 0.1) is 13.8 Å². The lowest BCUT2D eigenvalue weighted by Crippen LogP contribution is -2.15. The number of nitrogens with zero attached hydrogens (tertiary/aromatic N) is 1. The number of nitrogens with two attached hydrogens (primary N) is 1. The molecule has 0 bridgehead atoms. The Morgan fingerprint density at radius 3 is 2.55 bits per heavy atom. The van der Waals surface area contributed by atoms with Crippen molar-refractivity contribution in [3.8, 4) is 0 Å². The number of hydrogen-bond acceptors (Lipinski definition) is 3. The second kappa shape index (κ2) is 5.79. The Labute approximate surface area is 123 Å². The van der Waals surface area contributed by atoms with Gasteiger partial charge in [0, 0.05) is 16.8 Å². The second-order valence-corrected chi connectivity index (χ2v) is 5.01. The van der Waals surface area contributed by atoms with Crippen molar-refractivity contribution in [3.63, 3.8) is 0 Å². The van der Waals surface area contributed by atoms with E-state index in [9.17, 15) is 4.79 Å². The van der Waals surface area contributed by atoms with Crippen LogP contribution in [-0.2, 0) is 0 Å². The van der Waals surface area contributed by atoms with Crippen molar-refractivity contribution in [2.75, 3.05) is 5.32 Å². The Kier molecular flexibility index (Phi) is 4.10. The van der Waals surface area contributed by atoms with Crippen LogP contribution < -0.4 is 11.1 Å². The van der Waals surface area contributed by atoms with Gasteiger partial charge in [0.15, 0.2) is 0 Å². The minimum absolute atomic E-state index is 0.236. The second-order valence-electron chi connectivity index (χ2n) is 4.57. The molecule has 0 spiro atoms. The maximum atomic E-state index is 12.2. The summed E-state index contributed by atoms with van der Waals surface area (Å²) < 4.78 is 0. The molecule has 1 aromatic carbocycles. The number of aryl methyl sites for hydroxylation is 2. The van der Waals surface area contributed by atoms with Gasteiger partial charge in [-0.15, -0.1) is 0 Å². The minimum Gasteiger partial charge on any atom is -0.389 e. The molecule has 0 aliphatic carbocycles. The molecular weight excluding hydrogens is 270 g/mol. The summed E-state index contributed by atoms with van der Waals surface area (Å²) in [6, 6.07) is 10.7. The number of pyridine rings is 1. The topological polar surface area (TPSA) is 68.0 Å². The number of amides is 1. The predicted octanol–water partition coefficient (Wildman–Crippen LogP) is 2.58. The zero-order valence-electron chi connectivity index (χ0n) is 11.3. The number of hydrogen-bond donors (Lipinski definition) is 2. The highest BCUT2D eigenvalue weighted by atomic mass is 32.1. The van der Waals surface area contributed by atoms with Crippen molar-refractivity contribution in [1.82, 2.24) is 4.98 Å². The van der Waals surface area contributed by atoms with E-state index in [0.29, 0.717) is 16.9 Å². The smallest absolute Gasteiger partial charge is 0.256 e. The predicted molar refractivity (Wildman–Crippen MR) is 84.0 cm³/mol. The van der Waals surface area contributed by atoms with Gasteiger partial charge in [0.2, 0.25) is 0 Å². The van der Waals surface area contributed by atoms with E-state index < -0.39 is 0 Å². The summed E-state index contributed by atoms with van der Waals surface area (Å²) in [4.78, 5) is 16.7. The molecule has 0 atom stereocenters. The number of benzene rings is 1. The summed E-state index contributed by atoms with van der Waals surface area (Å²) in [5.74, 6) is 0.300. The molecule has 0 aliphatic rings. The van der Waals surface area contributed by atoms with Gasteiger partial charge in [0.25, 0.3) is 5.91 Å². The highest BCUT2D eigenvalue weighted by molar-refractivity contribution is 7.80. The fourth-order valence-electron chi connectivity index (χ4n) is 1.91. The molecule has 1 amide bonds. The number of anilines is 1. The number of carbonyl (C=O) groups is 1. The molecule has 1 heterocycles. The van der Waals surface area contributed by atoms with Gasteiger partial charge in [0.05, 0.1) is 0 Å². The molecule has 0 unspecified atom stereocenters. The van der Waals surface area contributed by atoms with Crippen molar-refractivity contribution in [2.24, 2.45) is 5.73 Å². The summed E-state index contributed by atoms with van der Waals surface area (Å²) in [6.45, 7) is 3.84. The number of thiocarbonyl (C=S) groups is 1. The average Bonchev–Trinajstić information content (AvgIpc) is 2.37. The van der Waals surface area contributed by atoms with E-state index in [1.165, 1.54) is 0 Å². The molecular formula is C15H15N3OS. The molecule has 2 aromatic rings. The van der Waals surface area contributed by atoms with Crippen molar-refractivity contribution in [3.05, 3.63) is 58.8 Å². The molecule has 102 valence electrons. The third kappa shape index (κ3) is 3.39. The quantitative estimate of drug-likeness (QED) is 0.851. The number of rotatable bonds is 3. The summed E-state index contributed by atoms with van der Waals surface area (Å²) >= 11 is 4.91. The first kappa shape index (κ1) is 14.1. The van der Waals surface area contributed by atoms with Crippen LogP contribution in [0.25, 0.3) is 0 Å². The first-order valence-electron chi connectivity index (χ1n) is 6.12. The normalized spacial score (nSPS) is 10.1. The van der Waals surface area contributed by atoms with Crippen LogP contribution in [0.4, 0.5) is 5.82 Å². The Morgan fingerprint density at radius 2 is 1.90 bits per heavy atom. The van der Waals surface area contributed by atoms with E-state index in [4.69, 9.17) is 18.0 Å². The maximum Gasteiger partial charge on any atom is 0.256 e. The maximum absolute atomic E-state index is 12.2. The molecule has 0 saturated heterocycles. The summed E-state index contributed by atoms with van der Waals surface area (Å²) in [6.07, 6.45) is 0. The third-order valence-electron chi connectivity index (χ3n) is 2.75. The molecule has 0 radical (unpaired) electrons. The number of carbonyl (C=O) groups excluding carboxylic acids is 1. The van der Waals surface area contributed by atoms with Gasteiger partial charge < -0.3 is 11.1 Å². The highest BCUT2D eigenvalue weighted by Crippen LogP contribution is 2.12. The number of nitrogens with one attached hydrogen (secondary N) is 1. The lowest BCUT2D eigenvalue weighted by Gasteiger charge is -2.07. The zero-order chi connectivity index (χ0) is 14.7. The van der Waals surface area contributed by atoms with E-state index in [1.54, 1.807) is 24.3 Å². The largest absolute Gasteiger partial charge is 0.389 e. The Morgan fingerprint density at radius 1 is 1.20 bits per heavy atom. The zero-order valence-corrected chi connectivity index (χ0v) is 12.1. The van der Waals surface area contributed by atoms with Crippen LogP contribution in [0.2, 0.25) is 0 Å². The molecule has 4 nitrogen and oxygen atoms in total. The van der Waals surface area contributed by atoms with Gasteiger partial charge in [-0.2, -0.15) is 0 Å². The van der Waals surface area contributed by atoms with Crippen molar-refractivity contribution in [1.29, 1.82) is 0 Å². The monoisotopic (exact) mass is 285 g/mol. The number of aromatic nitrogens is 1. The van der Waals surface area contributed by atoms with E-state index in [0.717, 1.165) is 11.3 Å². The standard InChI is InChI=1S/C15H15N3OS/c1-9-6-10(2)17-13(7-9)18-15(19)12-5-3-4-11(8-12)14(16)20/h3-8H,1-2H3,(H2,16,20)(H,17,18,19). The lowest BCUT2D eigenvalue weighted by molar-refractivity contribution is 0.102. The van der Waals surface area contributed by atoms with Crippen LogP contribution in [0.15, 0.2) is 36.4 Å². The molecule has 0 saturated carbocycles. The van der Waals surface area contributed by atoms with Crippen LogP contribution in [0.3, 0.4) is 0 Å². The molecule has 20 heavy (non-hydrogen) atoms. The molecule has 5 heteroatoms. The van der Waals surface area contributed by atoms with Gasteiger partial charge in [0.1, 0.15) is 10.8 Å². The van der Waals surface area contributed by atoms with Crippen LogP contribution in [0.5, 0.6) is 0 Å². The highest BCUT2D eigenvalue weighted by Gasteiger charge is 2.09. The first-order chi connectivity index (χ1) is 9.45. The van der Waals surface area contributed by atoms with Crippen molar-refractivity contribution < 1.29 is 4.79 Å². The van der Waals surface area contributed by atoms with E-state index >= 15 is 0 Å². The molecule has 2 rings (SSSR count). The van der Waals surface area contributed by atoms with Gasteiger partial charge >= 0.3 is 0 Å². The summed E-state index contributed by atoms with van der Waals surface area (Å²) in [7, 11) is 0. The Bertz CT molecular complexity index is 662. The van der Waals surface area contributed by atoms with Crippen molar-refractivity contribution in [2.45, 2.75) is 13.8 Å². The minimum atomic E-state index is -0.236. The van der Waals surface area contributed by atoms with Gasteiger partial charge in [-0.25, -0.2) is 4.98 Å². The van der Waals surface area contributed by atoms with E-state index in [2.05, 4.69) is 10.3 Å². The lowest BCUT2D eigenvalue weighted by atomic mass is 10.1. The Hall–Kier alpha value is -2.27. The third-order valence-corrected chi connectivity index (χ3v) is 2.98. The van der Waals surface area contributed by atoms with E-state index in [-0.39, 0.29) is 10.9 Å². The van der Waals surface area contributed by atoms with Gasteiger partial charge in [-0.1, -0.05) is 24.4 Å². The van der Waals surface area contributed by atoms with Crippen LogP contribution in [-0.4, -0.2) is 15.9 Å². The first-order valence-corrected chi connectivity index (χ1v) is 6.53. The Balaban J connectivity index is 2.23. The van der Waals surface area contributed by atoms with Crippen molar-refractivity contribution >= 4 is 28.9 Å². The van der Waals surface area contributed by atoms with Crippen LogP contribution in [0.1, 0.15) is 27.2 Å². The fraction of sp³-hybridized carbons (Fsp3) is 0.133. The average molecular weight is 285 g/mol. The van der Waals surface area contributed by atoms with Gasteiger partial charge in [-0.3, -0.25) is 4.79 Å². The van der Waals surface area contributed by atoms with Crippen LogP contribution >= 0.6 is 12.2 Å². The molecule has 0 aliphatic heterocycles. The summed E-state index contributed by atoms with van der Waals surface area (Å²) in [5.41, 5.74) is 8.63. The SMILES string of the molecule is Cc1cc(C)nc(NC(=O)c2cccc(C(N)=S)c2)c1.